The highest BCUT2D eigenvalue weighted by Crippen LogP contribution is 2.26. The maximum Gasteiger partial charge on any atom is 0.262 e. The van der Waals surface area contributed by atoms with Gasteiger partial charge in [-0.1, -0.05) is 41.4 Å². The summed E-state index contributed by atoms with van der Waals surface area (Å²) < 4.78 is 1.28. The van der Waals surface area contributed by atoms with Crippen molar-refractivity contribution < 1.29 is 0 Å². The van der Waals surface area contributed by atoms with Crippen LogP contribution in [0.3, 0.4) is 0 Å². The van der Waals surface area contributed by atoms with E-state index in [4.69, 9.17) is 40.1 Å². The smallest absolute Gasteiger partial charge is 0.262 e. The Balaban J connectivity index is 2.23. The van der Waals surface area contributed by atoms with Crippen molar-refractivity contribution in [2.45, 2.75) is 6.54 Å². The summed E-state index contributed by atoms with van der Waals surface area (Å²) in [4.78, 5) is 16.9. The van der Waals surface area contributed by atoms with Gasteiger partial charge in [0.25, 0.3) is 5.56 Å². The van der Waals surface area contributed by atoms with Crippen LogP contribution in [0.1, 0.15) is 11.1 Å². The van der Waals surface area contributed by atoms with E-state index >= 15 is 0 Å². The topological polar surface area (TPSA) is 58.7 Å². The number of benzene rings is 2. The van der Waals surface area contributed by atoms with Crippen LogP contribution in [0.2, 0.25) is 15.3 Å². The standard InChI is InChI=1S/C16H8Cl3N3O/c17-11-5-12-14(13(18)6-11)21-16(19)22(15(12)23)8-10-4-2-1-3-9(10)7-20/h1-6H,8H2. The van der Waals surface area contributed by atoms with Crippen LogP contribution in [-0.4, -0.2) is 9.55 Å². The van der Waals surface area contributed by atoms with Gasteiger partial charge in [0.15, 0.2) is 0 Å². The fraction of sp³-hybridized carbons (Fsp3) is 0.0625. The maximum absolute atomic E-state index is 12.7. The quantitative estimate of drug-likeness (QED) is 0.638. The first-order valence-corrected chi connectivity index (χ1v) is 7.67. The van der Waals surface area contributed by atoms with Crippen LogP contribution in [0.25, 0.3) is 10.9 Å². The normalized spacial score (nSPS) is 10.7. The molecular formula is C16H8Cl3N3O. The van der Waals surface area contributed by atoms with Crippen LogP contribution in [0.4, 0.5) is 0 Å². The van der Waals surface area contributed by atoms with Gasteiger partial charge in [-0.15, -0.1) is 0 Å². The Morgan fingerprint density at radius 2 is 1.91 bits per heavy atom. The molecule has 0 atom stereocenters. The lowest BCUT2D eigenvalue weighted by molar-refractivity contribution is 0.748. The fourth-order valence-electron chi connectivity index (χ4n) is 2.30. The first-order valence-electron chi connectivity index (χ1n) is 6.54. The summed E-state index contributed by atoms with van der Waals surface area (Å²) in [6, 6.07) is 12.1. The summed E-state index contributed by atoms with van der Waals surface area (Å²) in [5, 5.41) is 10.0. The lowest BCUT2D eigenvalue weighted by atomic mass is 10.1. The van der Waals surface area contributed by atoms with E-state index in [-0.39, 0.29) is 27.8 Å². The average Bonchev–Trinajstić information content (AvgIpc) is 2.53. The molecule has 7 heteroatoms. The van der Waals surface area contributed by atoms with Crippen LogP contribution in [0, 0.1) is 11.3 Å². The van der Waals surface area contributed by atoms with Gasteiger partial charge in [0.1, 0.15) is 0 Å². The molecule has 0 N–H and O–H groups in total. The summed E-state index contributed by atoms with van der Waals surface area (Å²) in [7, 11) is 0. The van der Waals surface area contributed by atoms with Crippen LogP contribution in [0.5, 0.6) is 0 Å². The van der Waals surface area contributed by atoms with Gasteiger partial charge in [-0.2, -0.15) is 5.26 Å². The summed E-state index contributed by atoms with van der Waals surface area (Å²) in [6.45, 7) is 0.133. The van der Waals surface area contributed by atoms with E-state index in [1.807, 2.05) is 0 Å². The molecule has 4 nitrogen and oxygen atoms in total. The maximum atomic E-state index is 12.7. The third-order valence-electron chi connectivity index (χ3n) is 3.40. The second-order valence-corrected chi connectivity index (χ2v) is 6.01. The molecule has 0 unspecified atom stereocenters. The van der Waals surface area contributed by atoms with Gasteiger partial charge in [-0.05, 0) is 35.4 Å². The third-order valence-corrected chi connectivity index (χ3v) is 4.19. The van der Waals surface area contributed by atoms with Gasteiger partial charge in [0.2, 0.25) is 5.28 Å². The van der Waals surface area contributed by atoms with Crippen molar-refractivity contribution in [3.63, 3.8) is 0 Å². The number of fused-ring (bicyclic) bond motifs is 1. The molecule has 0 fully saturated rings. The predicted molar refractivity (Wildman–Crippen MR) is 91.3 cm³/mol. The molecular weight excluding hydrogens is 357 g/mol. The van der Waals surface area contributed by atoms with E-state index in [0.717, 1.165) is 0 Å². The number of hydrogen-bond acceptors (Lipinski definition) is 3. The van der Waals surface area contributed by atoms with E-state index in [1.54, 1.807) is 24.3 Å². The van der Waals surface area contributed by atoms with Gasteiger partial charge in [-0.3, -0.25) is 9.36 Å². The Hall–Kier alpha value is -2.06. The van der Waals surface area contributed by atoms with Crippen LogP contribution < -0.4 is 5.56 Å². The van der Waals surface area contributed by atoms with Crippen molar-refractivity contribution in [2.75, 3.05) is 0 Å². The van der Waals surface area contributed by atoms with Crippen molar-refractivity contribution in [1.82, 2.24) is 9.55 Å². The number of halogens is 3. The minimum Gasteiger partial charge on any atom is -0.278 e. The molecule has 0 amide bonds. The Kier molecular flexibility index (Phi) is 4.27. The highest BCUT2D eigenvalue weighted by molar-refractivity contribution is 6.38. The number of aromatic nitrogens is 2. The molecule has 1 aromatic heterocycles. The second kappa shape index (κ2) is 6.21. The summed E-state index contributed by atoms with van der Waals surface area (Å²) in [5.41, 5.74) is 1.08. The molecule has 2 aromatic carbocycles. The third kappa shape index (κ3) is 2.91. The fourth-order valence-corrected chi connectivity index (χ4v) is 3.06. The molecule has 3 rings (SSSR count). The minimum atomic E-state index is -0.364. The molecule has 1 heterocycles. The summed E-state index contributed by atoms with van der Waals surface area (Å²) in [6.07, 6.45) is 0. The molecule has 114 valence electrons. The van der Waals surface area contributed by atoms with Crippen molar-refractivity contribution >= 4 is 45.7 Å². The van der Waals surface area contributed by atoms with E-state index < -0.39 is 0 Å². The Morgan fingerprint density at radius 1 is 1.17 bits per heavy atom. The molecule has 0 aliphatic heterocycles. The molecule has 0 saturated carbocycles. The molecule has 0 radical (unpaired) electrons. The Morgan fingerprint density at radius 3 is 2.65 bits per heavy atom. The number of nitrogens with zero attached hydrogens (tertiary/aromatic N) is 3. The van der Waals surface area contributed by atoms with Crippen LogP contribution in [0.15, 0.2) is 41.2 Å². The van der Waals surface area contributed by atoms with E-state index in [0.29, 0.717) is 21.7 Å². The Labute approximate surface area is 146 Å². The zero-order valence-electron chi connectivity index (χ0n) is 11.6. The SMILES string of the molecule is N#Cc1ccccc1Cn1c(Cl)nc2c(Cl)cc(Cl)cc2c1=O. The van der Waals surface area contributed by atoms with Crippen molar-refractivity contribution in [3.05, 3.63) is 73.2 Å². The first kappa shape index (κ1) is 15.8. The largest absolute Gasteiger partial charge is 0.278 e. The van der Waals surface area contributed by atoms with Gasteiger partial charge < -0.3 is 0 Å². The molecule has 0 spiro atoms. The molecule has 0 aliphatic carbocycles. The zero-order valence-corrected chi connectivity index (χ0v) is 13.8. The van der Waals surface area contributed by atoms with Crippen LogP contribution in [-0.2, 0) is 6.54 Å². The highest BCUT2D eigenvalue weighted by atomic mass is 35.5. The number of nitriles is 1. The van der Waals surface area contributed by atoms with Gasteiger partial charge >= 0.3 is 0 Å². The predicted octanol–water partition coefficient (Wildman–Crippen LogP) is 4.28. The molecule has 23 heavy (non-hydrogen) atoms. The zero-order chi connectivity index (χ0) is 16.6. The summed E-state index contributed by atoms with van der Waals surface area (Å²) >= 11 is 18.2. The molecule has 0 bridgehead atoms. The van der Waals surface area contributed by atoms with Gasteiger partial charge in [0.05, 0.1) is 34.1 Å². The molecule has 0 aliphatic rings. The number of hydrogen-bond donors (Lipinski definition) is 0. The minimum absolute atomic E-state index is 0.000495. The lowest BCUT2D eigenvalue weighted by Gasteiger charge is -2.11. The van der Waals surface area contributed by atoms with Gasteiger partial charge in [0, 0.05) is 5.02 Å². The van der Waals surface area contributed by atoms with Crippen molar-refractivity contribution in [1.29, 1.82) is 5.26 Å². The Bertz CT molecular complexity index is 1020. The van der Waals surface area contributed by atoms with E-state index in [1.165, 1.54) is 16.7 Å². The lowest BCUT2D eigenvalue weighted by Crippen LogP contribution is -2.23. The number of rotatable bonds is 2. The van der Waals surface area contributed by atoms with E-state index in [9.17, 15) is 4.79 Å². The second-order valence-electron chi connectivity index (χ2n) is 4.82. The van der Waals surface area contributed by atoms with Crippen LogP contribution >= 0.6 is 34.8 Å². The first-order chi connectivity index (χ1) is 11.0. The molecule has 0 saturated heterocycles. The monoisotopic (exact) mass is 363 g/mol. The average molecular weight is 365 g/mol. The molecule has 3 aromatic rings. The van der Waals surface area contributed by atoms with Crippen molar-refractivity contribution in [3.8, 4) is 6.07 Å². The van der Waals surface area contributed by atoms with Crippen molar-refractivity contribution in [2.24, 2.45) is 0 Å². The van der Waals surface area contributed by atoms with Gasteiger partial charge in [-0.25, -0.2) is 4.98 Å². The highest BCUT2D eigenvalue weighted by Gasteiger charge is 2.14. The summed E-state index contributed by atoms with van der Waals surface area (Å²) in [5.74, 6) is 0. The van der Waals surface area contributed by atoms with E-state index in [2.05, 4.69) is 11.1 Å².